The third-order valence-electron chi connectivity index (χ3n) is 3.77. The van der Waals surface area contributed by atoms with Crippen LogP contribution in [0.3, 0.4) is 0 Å². The van der Waals surface area contributed by atoms with Crippen molar-refractivity contribution in [2.75, 3.05) is 18.5 Å². The standard InChI is InChI=1S/C14H21N5O/c1-2-15-14-18-12-11(16-9-17-12)13(19-14)20-8-10-6-4-3-5-7-10/h9-10H,2-8H2,1H3,(H2,15,16,17,18,19). The van der Waals surface area contributed by atoms with Crippen LogP contribution in [0.15, 0.2) is 6.33 Å². The summed E-state index contributed by atoms with van der Waals surface area (Å²) >= 11 is 0. The van der Waals surface area contributed by atoms with Crippen LogP contribution in [0.4, 0.5) is 5.95 Å². The highest BCUT2D eigenvalue weighted by Crippen LogP contribution is 2.26. The summed E-state index contributed by atoms with van der Waals surface area (Å²) in [6.07, 6.45) is 8.15. The van der Waals surface area contributed by atoms with E-state index in [1.54, 1.807) is 6.33 Å². The van der Waals surface area contributed by atoms with E-state index in [0.717, 1.165) is 18.7 Å². The molecule has 1 aliphatic carbocycles. The van der Waals surface area contributed by atoms with Gasteiger partial charge in [-0.2, -0.15) is 9.97 Å². The van der Waals surface area contributed by atoms with E-state index < -0.39 is 0 Å². The van der Waals surface area contributed by atoms with Crippen molar-refractivity contribution in [3.8, 4) is 5.88 Å². The summed E-state index contributed by atoms with van der Waals surface area (Å²) in [5.74, 6) is 1.83. The van der Waals surface area contributed by atoms with Crippen molar-refractivity contribution in [1.82, 2.24) is 19.9 Å². The Balaban J connectivity index is 1.76. The molecule has 20 heavy (non-hydrogen) atoms. The van der Waals surface area contributed by atoms with Crippen LogP contribution in [0.25, 0.3) is 11.2 Å². The van der Waals surface area contributed by atoms with Gasteiger partial charge in [0.15, 0.2) is 5.65 Å². The fourth-order valence-electron chi connectivity index (χ4n) is 2.70. The van der Waals surface area contributed by atoms with Gasteiger partial charge < -0.3 is 15.0 Å². The van der Waals surface area contributed by atoms with Crippen molar-refractivity contribution < 1.29 is 4.74 Å². The molecule has 0 radical (unpaired) electrons. The molecule has 0 atom stereocenters. The zero-order valence-electron chi connectivity index (χ0n) is 11.9. The van der Waals surface area contributed by atoms with E-state index in [4.69, 9.17) is 4.74 Å². The number of aromatic nitrogens is 4. The average molecular weight is 275 g/mol. The first kappa shape index (κ1) is 13.1. The average Bonchev–Trinajstić information content (AvgIpc) is 2.95. The molecule has 1 saturated carbocycles. The molecule has 2 aromatic heterocycles. The predicted octanol–water partition coefficient (Wildman–Crippen LogP) is 2.74. The third kappa shape index (κ3) is 2.84. The molecule has 6 nitrogen and oxygen atoms in total. The summed E-state index contributed by atoms with van der Waals surface area (Å²) in [7, 11) is 0. The first-order chi connectivity index (χ1) is 9.86. The number of rotatable bonds is 5. The number of hydrogen-bond acceptors (Lipinski definition) is 5. The van der Waals surface area contributed by atoms with Crippen LogP contribution in [0, 0.1) is 5.92 Å². The fourth-order valence-corrected chi connectivity index (χ4v) is 2.70. The van der Waals surface area contributed by atoms with E-state index in [1.807, 2.05) is 6.92 Å². The Kier molecular flexibility index (Phi) is 3.99. The van der Waals surface area contributed by atoms with Crippen LogP contribution in [0.5, 0.6) is 5.88 Å². The number of H-pyrrole nitrogens is 1. The van der Waals surface area contributed by atoms with Crippen LogP contribution in [0.1, 0.15) is 39.0 Å². The lowest BCUT2D eigenvalue weighted by molar-refractivity contribution is 0.205. The largest absolute Gasteiger partial charge is 0.476 e. The van der Waals surface area contributed by atoms with Crippen LogP contribution in [0.2, 0.25) is 0 Å². The maximum Gasteiger partial charge on any atom is 0.245 e. The molecular formula is C14H21N5O. The first-order valence-electron chi connectivity index (χ1n) is 7.44. The first-order valence-corrected chi connectivity index (χ1v) is 7.44. The zero-order valence-corrected chi connectivity index (χ0v) is 11.9. The lowest BCUT2D eigenvalue weighted by Gasteiger charge is -2.21. The molecule has 0 aliphatic heterocycles. The van der Waals surface area contributed by atoms with E-state index in [0.29, 0.717) is 23.4 Å². The minimum Gasteiger partial charge on any atom is -0.476 e. The molecule has 2 aromatic rings. The van der Waals surface area contributed by atoms with E-state index in [1.165, 1.54) is 32.1 Å². The van der Waals surface area contributed by atoms with Crippen molar-refractivity contribution in [3.63, 3.8) is 0 Å². The van der Waals surface area contributed by atoms with E-state index in [2.05, 4.69) is 25.3 Å². The summed E-state index contributed by atoms with van der Waals surface area (Å²) in [6.45, 7) is 3.52. The Bertz CT molecular complexity index is 562. The van der Waals surface area contributed by atoms with Crippen LogP contribution >= 0.6 is 0 Å². The van der Waals surface area contributed by atoms with Gasteiger partial charge in [-0.25, -0.2) is 4.98 Å². The van der Waals surface area contributed by atoms with Crippen molar-refractivity contribution >= 4 is 17.1 Å². The molecule has 1 aliphatic rings. The highest BCUT2D eigenvalue weighted by molar-refractivity contribution is 5.76. The molecule has 0 aromatic carbocycles. The van der Waals surface area contributed by atoms with Crippen LogP contribution in [-0.2, 0) is 0 Å². The van der Waals surface area contributed by atoms with E-state index in [-0.39, 0.29) is 0 Å². The number of fused-ring (bicyclic) bond motifs is 1. The van der Waals surface area contributed by atoms with Gasteiger partial charge in [-0.15, -0.1) is 0 Å². The highest BCUT2D eigenvalue weighted by atomic mass is 16.5. The predicted molar refractivity (Wildman–Crippen MR) is 77.9 cm³/mol. The second-order valence-corrected chi connectivity index (χ2v) is 5.30. The molecule has 0 unspecified atom stereocenters. The molecule has 0 spiro atoms. The van der Waals surface area contributed by atoms with Gasteiger partial charge >= 0.3 is 0 Å². The quantitative estimate of drug-likeness (QED) is 0.877. The summed E-state index contributed by atoms with van der Waals surface area (Å²) in [4.78, 5) is 16.0. The molecule has 108 valence electrons. The third-order valence-corrected chi connectivity index (χ3v) is 3.77. The maximum atomic E-state index is 5.94. The molecule has 6 heteroatoms. The summed E-state index contributed by atoms with van der Waals surface area (Å²) in [5.41, 5.74) is 1.43. The van der Waals surface area contributed by atoms with Gasteiger partial charge in [0.25, 0.3) is 0 Å². The van der Waals surface area contributed by atoms with Crippen molar-refractivity contribution in [2.24, 2.45) is 5.92 Å². The minimum atomic E-state index is 0.575. The number of aromatic amines is 1. The summed E-state index contributed by atoms with van der Waals surface area (Å²) in [6, 6.07) is 0. The Labute approximate surface area is 118 Å². The smallest absolute Gasteiger partial charge is 0.245 e. The zero-order chi connectivity index (χ0) is 13.8. The molecular weight excluding hydrogens is 254 g/mol. The second kappa shape index (κ2) is 6.07. The van der Waals surface area contributed by atoms with Gasteiger partial charge in [-0.3, -0.25) is 0 Å². The Morgan fingerprint density at radius 2 is 2.15 bits per heavy atom. The van der Waals surface area contributed by atoms with Crippen molar-refractivity contribution in [1.29, 1.82) is 0 Å². The topological polar surface area (TPSA) is 75.7 Å². The molecule has 2 heterocycles. The Morgan fingerprint density at radius 3 is 2.95 bits per heavy atom. The fraction of sp³-hybridized carbons (Fsp3) is 0.643. The van der Waals surface area contributed by atoms with Gasteiger partial charge in [-0.05, 0) is 25.7 Å². The van der Waals surface area contributed by atoms with Gasteiger partial charge in [0.05, 0.1) is 12.9 Å². The monoisotopic (exact) mass is 275 g/mol. The molecule has 1 fully saturated rings. The van der Waals surface area contributed by atoms with Crippen molar-refractivity contribution in [2.45, 2.75) is 39.0 Å². The van der Waals surface area contributed by atoms with Crippen molar-refractivity contribution in [3.05, 3.63) is 6.33 Å². The molecule has 0 amide bonds. The van der Waals surface area contributed by atoms with E-state index >= 15 is 0 Å². The molecule has 0 bridgehead atoms. The summed E-state index contributed by atoms with van der Waals surface area (Å²) < 4.78 is 5.94. The number of hydrogen-bond donors (Lipinski definition) is 2. The number of nitrogens with zero attached hydrogens (tertiary/aromatic N) is 3. The van der Waals surface area contributed by atoms with Gasteiger partial charge in [0.2, 0.25) is 11.8 Å². The Hall–Kier alpha value is -1.85. The number of nitrogens with one attached hydrogen (secondary N) is 2. The molecule has 3 rings (SSSR count). The maximum absolute atomic E-state index is 5.94. The van der Waals surface area contributed by atoms with Crippen LogP contribution in [-0.4, -0.2) is 33.1 Å². The lowest BCUT2D eigenvalue weighted by Crippen LogP contribution is -2.16. The van der Waals surface area contributed by atoms with Gasteiger partial charge in [0.1, 0.15) is 5.52 Å². The molecule has 2 N–H and O–H groups in total. The van der Waals surface area contributed by atoms with Crippen LogP contribution < -0.4 is 10.1 Å². The highest BCUT2D eigenvalue weighted by Gasteiger charge is 2.16. The number of imidazole rings is 1. The van der Waals surface area contributed by atoms with Gasteiger partial charge in [-0.1, -0.05) is 19.3 Å². The Morgan fingerprint density at radius 1 is 1.30 bits per heavy atom. The second-order valence-electron chi connectivity index (χ2n) is 5.30. The minimum absolute atomic E-state index is 0.575. The number of ether oxygens (including phenoxy) is 1. The van der Waals surface area contributed by atoms with E-state index in [9.17, 15) is 0 Å². The molecule has 0 saturated heterocycles. The lowest BCUT2D eigenvalue weighted by atomic mass is 9.90. The summed E-state index contributed by atoms with van der Waals surface area (Å²) in [5, 5.41) is 3.11. The van der Waals surface area contributed by atoms with Gasteiger partial charge in [0, 0.05) is 6.54 Å². The SMILES string of the molecule is CCNc1nc(OCC2CCCCC2)c2[nH]cnc2n1. The number of anilines is 1. The normalized spacial score (nSPS) is 16.4.